The van der Waals surface area contributed by atoms with E-state index in [4.69, 9.17) is 9.97 Å². The van der Waals surface area contributed by atoms with Gasteiger partial charge in [0.15, 0.2) is 5.82 Å². The highest BCUT2D eigenvalue weighted by atomic mass is 15.0. The minimum absolute atomic E-state index is 0.353. The molecule has 3 heterocycles. The molecule has 0 aliphatic rings. The Morgan fingerprint density at radius 2 is 0.883 bits per heavy atom. The van der Waals surface area contributed by atoms with Crippen molar-refractivity contribution < 1.29 is 0 Å². The van der Waals surface area contributed by atoms with Crippen LogP contribution < -0.4 is 0 Å². The number of hydrogen-bond acceptors (Lipinski definition) is 4. The van der Waals surface area contributed by atoms with Crippen molar-refractivity contribution in [3.8, 4) is 68.5 Å². The van der Waals surface area contributed by atoms with E-state index in [1.165, 1.54) is 10.8 Å². The highest BCUT2D eigenvalue weighted by Gasteiger charge is 2.23. The fourth-order valence-corrected chi connectivity index (χ4v) is 8.78. The molecule has 0 radical (unpaired) electrons. The average Bonchev–Trinajstić information content (AvgIpc) is 3.84. The van der Waals surface area contributed by atoms with Crippen LogP contribution in [0.1, 0.15) is 11.1 Å². The fourth-order valence-electron chi connectivity index (χ4n) is 8.78. The molecule has 0 aliphatic carbocycles. The van der Waals surface area contributed by atoms with Crippen molar-refractivity contribution in [1.82, 2.24) is 19.1 Å². The van der Waals surface area contributed by atoms with Gasteiger partial charge in [0.1, 0.15) is 11.6 Å². The molecule has 0 atom stereocenters. The molecular formula is C54H32N6. The lowest BCUT2D eigenvalue weighted by atomic mass is 9.93. The molecule has 0 saturated heterocycles. The van der Waals surface area contributed by atoms with Crippen LogP contribution in [0.4, 0.5) is 0 Å². The first-order valence-electron chi connectivity index (χ1n) is 19.8. The number of nitrogens with zero attached hydrogens (tertiary/aromatic N) is 6. The van der Waals surface area contributed by atoms with E-state index in [9.17, 15) is 10.5 Å². The molecular weight excluding hydrogens is 733 g/mol. The van der Waals surface area contributed by atoms with Crippen molar-refractivity contribution in [3.05, 3.63) is 205 Å². The van der Waals surface area contributed by atoms with Crippen molar-refractivity contribution in [2.45, 2.75) is 0 Å². The normalized spacial score (nSPS) is 11.3. The van der Waals surface area contributed by atoms with E-state index in [1.807, 2.05) is 91.0 Å². The summed E-state index contributed by atoms with van der Waals surface area (Å²) in [6.45, 7) is 0. The van der Waals surface area contributed by atoms with Crippen LogP contribution in [0.25, 0.3) is 100 Å². The number of aromatic nitrogens is 4. The Morgan fingerprint density at radius 1 is 0.383 bits per heavy atom. The van der Waals surface area contributed by atoms with Gasteiger partial charge in [0.25, 0.3) is 0 Å². The molecule has 11 aromatic rings. The molecule has 0 amide bonds. The van der Waals surface area contributed by atoms with E-state index in [1.54, 1.807) is 0 Å². The third-order valence-electron chi connectivity index (χ3n) is 11.4. The lowest BCUT2D eigenvalue weighted by Gasteiger charge is -2.13. The lowest BCUT2D eigenvalue weighted by Crippen LogP contribution is -2.01. The number of benzene rings is 8. The Morgan fingerprint density at radius 3 is 1.50 bits per heavy atom. The molecule has 0 spiro atoms. The van der Waals surface area contributed by atoms with Crippen molar-refractivity contribution in [2.24, 2.45) is 0 Å². The number of nitriles is 2. The molecule has 3 aromatic heterocycles. The Bertz CT molecular complexity index is 3540. The maximum absolute atomic E-state index is 10.8. The van der Waals surface area contributed by atoms with Gasteiger partial charge in [-0.15, -0.1) is 0 Å². The number of para-hydroxylation sites is 3. The first kappa shape index (κ1) is 34.7. The molecule has 60 heavy (non-hydrogen) atoms. The Labute approximate surface area is 345 Å². The second kappa shape index (κ2) is 14.1. The van der Waals surface area contributed by atoms with Gasteiger partial charge >= 0.3 is 0 Å². The van der Waals surface area contributed by atoms with E-state index in [-0.39, 0.29) is 0 Å². The molecule has 0 fully saturated rings. The van der Waals surface area contributed by atoms with Gasteiger partial charge in [0.05, 0.1) is 45.1 Å². The highest BCUT2D eigenvalue weighted by molar-refractivity contribution is 6.29. The quantitative estimate of drug-likeness (QED) is 0.169. The Balaban J connectivity index is 1.15. The summed E-state index contributed by atoms with van der Waals surface area (Å²) in [5.41, 5.74) is 12.5. The topological polar surface area (TPSA) is 83.2 Å². The van der Waals surface area contributed by atoms with Crippen LogP contribution in [0.2, 0.25) is 0 Å². The van der Waals surface area contributed by atoms with E-state index >= 15 is 0 Å². The van der Waals surface area contributed by atoms with Gasteiger partial charge in [-0.1, -0.05) is 133 Å². The summed E-state index contributed by atoms with van der Waals surface area (Å²) < 4.78 is 4.69. The van der Waals surface area contributed by atoms with Crippen LogP contribution in [0.5, 0.6) is 0 Å². The summed E-state index contributed by atoms with van der Waals surface area (Å²) >= 11 is 0. The van der Waals surface area contributed by atoms with Gasteiger partial charge in [-0.25, -0.2) is 9.97 Å². The average molecular weight is 765 g/mol. The van der Waals surface area contributed by atoms with Gasteiger partial charge in [0, 0.05) is 49.6 Å². The predicted octanol–water partition coefficient (Wildman–Crippen LogP) is 13.1. The van der Waals surface area contributed by atoms with Crippen LogP contribution in [0.15, 0.2) is 194 Å². The monoisotopic (exact) mass is 764 g/mol. The largest absolute Gasteiger partial charge is 0.309 e. The summed E-state index contributed by atoms with van der Waals surface area (Å²) in [7, 11) is 0. The first-order valence-corrected chi connectivity index (χ1v) is 19.8. The predicted molar refractivity (Wildman–Crippen MR) is 242 cm³/mol. The lowest BCUT2D eigenvalue weighted by molar-refractivity contribution is 1.17. The molecule has 0 aliphatic heterocycles. The standard InChI is InChI=1S/C54H32N6/c55-33-39-31-38(53-45(34-56)52(35-15-5-1-6-16-35)57-54(58-53)36-17-7-2-8-18-36)25-27-42(39)37-26-28-47-44(32-37)51-49(60(47)41-21-11-4-12-22-41)30-29-48-50(51)43-23-13-14-24-46(43)59(48)40-19-9-3-10-20-40/h1-32H. The summed E-state index contributed by atoms with van der Waals surface area (Å²) in [5, 5.41) is 26.0. The van der Waals surface area contributed by atoms with Crippen LogP contribution in [0, 0.1) is 22.7 Å². The maximum atomic E-state index is 10.8. The zero-order valence-electron chi connectivity index (χ0n) is 32.2. The molecule has 6 heteroatoms. The Kier molecular flexibility index (Phi) is 8.15. The third-order valence-corrected chi connectivity index (χ3v) is 11.4. The zero-order valence-corrected chi connectivity index (χ0v) is 32.2. The molecule has 278 valence electrons. The van der Waals surface area contributed by atoms with Crippen LogP contribution >= 0.6 is 0 Å². The summed E-state index contributed by atoms with van der Waals surface area (Å²) in [6.07, 6.45) is 0. The van der Waals surface area contributed by atoms with Gasteiger partial charge in [-0.3, -0.25) is 0 Å². The SMILES string of the molecule is N#Cc1cc(-c2nc(-c3ccccc3)nc(-c3ccccc3)c2C#N)ccc1-c1ccc2c(c1)c1c3c4ccccc4n(-c4ccccc4)c3ccc1n2-c1ccccc1. The highest BCUT2D eigenvalue weighted by Crippen LogP contribution is 2.44. The molecule has 0 saturated carbocycles. The second-order valence-corrected chi connectivity index (χ2v) is 14.8. The summed E-state index contributed by atoms with van der Waals surface area (Å²) in [4.78, 5) is 9.90. The van der Waals surface area contributed by atoms with E-state index in [0.29, 0.717) is 33.9 Å². The maximum Gasteiger partial charge on any atom is 0.160 e. The van der Waals surface area contributed by atoms with Crippen molar-refractivity contribution in [1.29, 1.82) is 10.5 Å². The smallest absolute Gasteiger partial charge is 0.160 e. The molecule has 11 rings (SSSR count). The summed E-state index contributed by atoms with van der Waals surface area (Å²) in [6, 6.07) is 70.8. The number of hydrogen-bond donors (Lipinski definition) is 0. The fraction of sp³-hybridized carbons (Fsp3) is 0. The minimum atomic E-state index is 0.353. The molecule has 0 N–H and O–H groups in total. The van der Waals surface area contributed by atoms with Crippen LogP contribution in [-0.2, 0) is 0 Å². The van der Waals surface area contributed by atoms with Gasteiger partial charge in [0.2, 0.25) is 0 Å². The molecule has 0 unspecified atom stereocenters. The van der Waals surface area contributed by atoms with E-state index in [2.05, 4.69) is 124 Å². The molecule has 0 bridgehead atoms. The number of fused-ring (bicyclic) bond motifs is 7. The van der Waals surface area contributed by atoms with Crippen LogP contribution in [0.3, 0.4) is 0 Å². The van der Waals surface area contributed by atoms with Crippen LogP contribution in [-0.4, -0.2) is 19.1 Å². The third kappa shape index (κ3) is 5.48. The molecule has 8 aromatic carbocycles. The van der Waals surface area contributed by atoms with Crippen molar-refractivity contribution in [2.75, 3.05) is 0 Å². The summed E-state index contributed by atoms with van der Waals surface area (Å²) in [5.74, 6) is 0.506. The van der Waals surface area contributed by atoms with E-state index < -0.39 is 0 Å². The Hall–Kier alpha value is -8.58. The van der Waals surface area contributed by atoms with Gasteiger partial charge in [-0.2, -0.15) is 10.5 Å². The second-order valence-electron chi connectivity index (χ2n) is 14.8. The molecule has 6 nitrogen and oxygen atoms in total. The minimum Gasteiger partial charge on any atom is -0.309 e. The van der Waals surface area contributed by atoms with Crippen molar-refractivity contribution >= 4 is 43.6 Å². The van der Waals surface area contributed by atoms with Gasteiger partial charge in [-0.05, 0) is 71.8 Å². The van der Waals surface area contributed by atoms with Crippen molar-refractivity contribution in [3.63, 3.8) is 0 Å². The number of rotatable bonds is 6. The van der Waals surface area contributed by atoms with Gasteiger partial charge < -0.3 is 9.13 Å². The first-order chi connectivity index (χ1) is 29.7. The van der Waals surface area contributed by atoms with E-state index in [0.717, 1.165) is 66.5 Å². The zero-order chi connectivity index (χ0) is 40.2.